The Labute approximate surface area is 146 Å². The van der Waals surface area contributed by atoms with Gasteiger partial charge in [-0.2, -0.15) is 0 Å². The van der Waals surface area contributed by atoms with Crippen LogP contribution >= 0.6 is 11.6 Å². The van der Waals surface area contributed by atoms with Gasteiger partial charge in [0.1, 0.15) is 5.75 Å². The van der Waals surface area contributed by atoms with E-state index in [1.807, 2.05) is 6.92 Å². The molecule has 0 aromatic heterocycles. The highest BCUT2D eigenvalue weighted by molar-refractivity contribution is 6.32. The number of benzene rings is 2. The van der Waals surface area contributed by atoms with Crippen LogP contribution in [0.15, 0.2) is 48.5 Å². The molecule has 0 saturated carbocycles. The first-order valence-electron chi connectivity index (χ1n) is 7.65. The quantitative estimate of drug-likeness (QED) is 0.793. The fraction of sp³-hybridized carbons (Fsp3) is 0.222. The van der Waals surface area contributed by atoms with Crippen LogP contribution in [-0.2, 0) is 9.59 Å². The van der Waals surface area contributed by atoms with Crippen LogP contribution in [0.5, 0.6) is 5.75 Å². The van der Waals surface area contributed by atoms with E-state index < -0.39 is 0 Å². The van der Waals surface area contributed by atoms with Gasteiger partial charge in [0.05, 0.1) is 5.02 Å². The number of amides is 2. The molecule has 0 aliphatic carbocycles. The van der Waals surface area contributed by atoms with Crippen LogP contribution in [0.4, 0.5) is 11.4 Å². The molecule has 0 radical (unpaired) electrons. The molecule has 2 rings (SSSR count). The lowest BCUT2D eigenvalue weighted by Crippen LogP contribution is -2.20. The summed E-state index contributed by atoms with van der Waals surface area (Å²) in [4.78, 5) is 23.6. The molecule has 0 unspecified atom stereocenters. The summed E-state index contributed by atoms with van der Waals surface area (Å²) < 4.78 is 5.38. The van der Waals surface area contributed by atoms with Crippen molar-refractivity contribution in [2.24, 2.45) is 0 Å². The summed E-state index contributed by atoms with van der Waals surface area (Å²) in [6.07, 6.45) is 1.24. The zero-order chi connectivity index (χ0) is 17.4. The van der Waals surface area contributed by atoms with Crippen LogP contribution < -0.4 is 15.4 Å². The van der Waals surface area contributed by atoms with Crippen molar-refractivity contribution < 1.29 is 14.3 Å². The van der Waals surface area contributed by atoms with Crippen molar-refractivity contribution in [1.82, 2.24) is 0 Å². The molecule has 0 spiro atoms. The van der Waals surface area contributed by atoms with E-state index >= 15 is 0 Å². The third kappa shape index (κ3) is 5.59. The van der Waals surface area contributed by atoms with Crippen molar-refractivity contribution in [1.29, 1.82) is 0 Å². The number of hydrogen-bond acceptors (Lipinski definition) is 3. The van der Waals surface area contributed by atoms with Crippen LogP contribution in [0.1, 0.15) is 19.8 Å². The van der Waals surface area contributed by atoms with Crippen LogP contribution in [0.2, 0.25) is 5.02 Å². The Morgan fingerprint density at radius 1 is 1.00 bits per heavy atom. The minimum atomic E-state index is -0.313. The van der Waals surface area contributed by atoms with Crippen molar-refractivity contribution in [3.05, 3.63) is 53.6 Å². The van der Waals surface area contributed by atoms with E-state index in [1.165, 1.54) is 0 Å². The third-order valence-electron chi connectivity index (χ3n) is 3.10. The molecule has 5 nitrogen and oxygen atoms in total. The van der Waals surface area contributed by atoms with Gasteiger partial charge in [-0.05, 0) is 36.8 Å². The summed E-state index contributed by atoms with van der Waals surface area (Å²) in [6, 6.07) is 13.9. The topological polar surface area (TPSA) is 67.4 Å². The number of ether oxygens (including phenoxy) is 1. The molecular formula is C18H19ClN2O3. The smallest absolute Gasteiger partial charge is 0.262 e. The molecule has 0 aliphatic heterocycles. The minimum Gasteiger partial charge on any atom is -0.482 e. The molecule has 126 valence electrons. The zero-order valence-electron chi connectivity index (χ0n) is 13.3. The van der Waals surface area contributed by atoms with Crippen molar-refractivity contribution >= 4 is 34.8 Å². The second-order valence-corrected chi connectivity index (χ2v) is 5.55. The summed E-state index contributed by atoms with van der Waals surface area (Å²) in [6.45, 7) is 1.78. The first-order valence-corrected chi connectivity index (χ1v) is 8.03. The van der Waals surface area contributed by atoms with E-state index in [-0.39, 0.29) is 18.4 Å². The molecule has 2 N–H and O–H groups in total. The Morgan fingerprint density at radius 3 is 2.33 bits per heavy atom. The van der Waals surface area contributed by atoms with Crippen molar-refractivity contribution in [2.45, 2.75) is 19.8 Å². The Morgan fingerprint density at radius 2 is 1.67 bits per heavy atom. The van der Waals surface area contributed by atoms with Gasteiger partial charge in [-0.15, -0.1) is 0 Å². The molecule has 2 amide bonds. The predicted octanol–water partition coefficient (Wildman–Crippen LogP) is 4.10. The Bertz CT molecular complexity index is 719. The van der Waals surface area contributed by atoms with E-state index in [1.54, 1.807) is 48.5 Å². The Hall–Kier alpha value is -2.53. The second kappa shape index (κ2) is 8.93. The van der Waals surface area contributed by atoms with Gasteiger partial charge in [-0.3, -0.25) is 9.59 Å². The molecule has 0 bridgehead atoms. The maximum absolute atomic E-state index is 12.0. The van der Waals surface area contributed by atoms with Crippen LogP contribution in [0.3, 0.4) is 0 Å². The number of nitrogens with one attached hydrogen (secondary N) is 2. The lowest BCUT2D eigenvalue weighted by molar-refractivity contribution is -0.118. The lowest BCUT2D eigenvalue weighted by Gasteiger charge is -2.10. The Balaban J connectivity index is 1.89. The highest BCUT2D eigenvalue weighted by Crippen LogP contribution is 2.23. The van der Waals surface area contributed by atoms with Gasteiger partial charge in [0.15, 0.2) is 6.61 Å². The third-order valence-corrected chi connectivity index (χ3v) is 3.41. The fourth-order valence-corrected chi connectivity index (χ4v) is 2.22. The first kappa shape index (κ1) is 17.8. The van der Waals surface area contributed by atoms with Gasteiger partial charge in [0, 0.05) is 17.8 Å². The number of hydrogen-bond donors (Lipinski definition) is 2. The molecule has 2 aromatic rings. The zero-order valence-corrected chi connectivity index (χ0v) is 14.1. The summed E-state index contributed by atoms with van der Waals surface area (Å²) in [7, 11) is 0. The number of carbonyl (C=O) groups excluding carboxylic acids is 2. The largest absolute Gasteiger partial charge is 0.482 e. The fourth-order valence-electron chi connectivity index (χ4n) is 2.03. The van der Waals surface area contributed by atoms with Gasteiger partial charge in [0.2, 0.25) is 5.91 Å². The molecule has 6 heteroatoms. The summed E-state index contributed by atoms with van der Waals surface area (Å²) in [5.74, 6) is 0.0879. The van der Waals surface area contributed by atoms with E-state index in [4.69, 9.17) is 16.3 Å². The van der Waals surface area contributed by atoms with E-state index in [2.05, 4.69) is 10.6 Å². The maximum Gasteiger partial charge on any atom is 0.262 e. The normalized spacial score (nSPS) is 10.1. The van der Waals surface area contributed by atoms with Crippen molar-refractivity contribution in [2.75, 3.05) is 17.2 Å². The highest BCUT2D eigenvalue weighted by Gasteiger charge is 2.07. The molecule has 0 saturated heterocycles. The number of para-hydroxylation sites is 1. The van der Waals surface area contributed by atoms with Crippen molar-refractivity contribution in [3.8, 4) is 5.75 Å². The van der Waals surface area contributed by atoms with E-state index in [0.717, 1.165) is 6.42 Å². The molecule has 24 heavy (non-hydrogen) atoms. The molecule has 0 atom stereocenters. The monoisotopic (exact) mass is 346 g/mol. The van der Waals surface area contributed by atoms with Crippen molar-refractivity contribution in [3.63, 3.8) is 0 Å². The summed E-state index contributed by atoms with van der Waals surface area (Å²) in [5.41, 5.74) is 1.22. The van der Waals surface area contributed by atoms with Gasteiger partial charge < -0.3 is 15.4 Å². The minimum absolute atomic E-state index is 0.0528. The van der Waals surface area contributed by atoms with Crippen LogP contribution in [-0.4, -0.2) is 18.4 Å². The van der Waals surface area contributed by atoms with E-state index in [0.29, 0.717) is 28.6 Å². The number of anilines is 2. The first-order chi connectivity index (χ1) is 11.6. The average molecular weight is 347 g/mol. The molecule has 0 heterocycles. The lowest BCUT2D eigenvalue weighted by atomic mass is 10.2. The maximum atomic E-state index is 12.0. The van der Waals surface area contributed by atoms with E-state index in [9.17, 15) is 9.59 Å². The van der Waals surface area contributed by atoms with Gasteiger partial charge in [-0.1, -0.05) is 36.7 Å². The van der Waals surface area contributed by atoms with Crippen LogP contribution in [0, 0.1) is 0 Å². The SMILES string of the molecule is CCCC(=O)Nc1cccc(NC(=O)COc2ccccc2Cl)c1. The number of halogens is 1. The molecular weight excluding hydrogens is 328 g/mol. The second-order valence-electron chi connectivity index (χ2n) is 5.15. The highest BCUT2D eigenvalue weighted by atomic mass is 35.5. The van der Waals surface area contributed by atoms with Gasteiger partial charge >= 0.3 is 0 Å². The van der Waals surface area contributed by atoms with Gasteiger partial charge in [-0.25, -0.2) is 0 Å². The average Bonchev–Trinajstić information content (AvgIpc) is 2.54. The summed E-state index contributed by atoms with van der Waals surface area (Å²) >= 11 is 5.97. The molecule has 0 fully saturated rings. The van der Waals surface area contributed by atoms with Gasteiger partial charge in [0.25, 0.3) is 5.91 Å². The number of carbonyl (C=O) groups is 2. The molecule has 2 aromatic carbocycles. The van der Waals surface area contributed by atoms with Crippen LogP contribution in [0.25, 0.3) is 0 Å². The Kier molecular flexibility index (Phi) is 6.63. The summed E-state index contributed by atoms with van der Waals surface area (Å²) in [5, 5.41) is 5.95. The molecule has 0 aliphatic rings. The predicted molar refractivity (Wildman–Crippen MR) is 95.6 cm³/mol. The standard InChI is InChI=1S/C18H19ClN2O3/c1-2-6-17(22)20-13-7-5-8-14(11-13)21-18(23)12-24-16-10-4-3-9-15(16)19/h3-5,7-11H,2,6,12H2,1H3,(H,20,22)(H,21,23). The number of rotatable bonds is 7.